The van der Waals surface area contributed by atoms with Gasteiger partial charge in [0.15, 0.2) is 0 Å². The zero-order valence-corrected chi connectivity index (χ0v) is 12.3. The maximum Gasteiger partial charge on any atom is 0.137 e. The highest BCUT2D eigenvalue weighted by Crippen LogP contribution is 2.22. The minimum Gasteiger partial charge on any atom is -0.396 e. The normalized spacial score (nSPS) is 12.2. The molecule has 2 aromatic carbocycles. The van der Waals surface area contributed by atoms with Gasteiger partial charge in [-0.15, -0.1) is 0 Å². The molecule has 1 atom stereocenters. The number of para-hydroxylation sites is 1. The molecule has 1 heterocycles. The minimum absolute atomic E-state index is 0.172. The first-order valence-electron chi connectivity index (χ1n) is 7.48. The highest BCUT2D eigenvalue weighted by atomic mass is 16.3. The van der Waals surface area contributed by atoms with E-state index in [2.05, 4.69) is 27.4 Å². The molecule has 22 heavy (non-hydrogen) atoms. The second-order valence-electron chi connectivity index (χ2n) is 5.24. The largest absolute Gasteiger partial charge is 0.396 e. The van der Waals surface area contributed by atoms with Gasteiger partial charge in [-0.25, -0.2) is 9.97 Å². The van der Waals surface area contributed by atoms with Crippen molar-refractivity contribution in [2.45, 2.75) is 12.3 Å². The van der Waals surface area contributed by atoms with E-state index in [9.17, 15) is 5.11 Å². The second kappa shape index (κ2) is 7.00. The molecule has 0 aliphatic heterocycles. The zero-order valence-electron chi connectivity index (χ0n) is 12.3. The first-order chi connectivity index (χ1) is 10.9. The zero-order chi connectivity index (χ0) is 15.2. The van der Waals surface area contributed by atoms with E-state index in [1.54, 1.807) is 6.33 Å². The number of hydrogen-bond acceptors (Lipinski definition) is 4. The summed E-state index contributed by atoms with van der Waals surface area (Å²) in [4.78, 5) is 8.62. The van der Waals surface area contributed by atoms with Crippen LogP contribution in [-0.2, 0) is 0 Å². The summed E-state index contributed by atoms with van der Waals surface area (Å²) in [6.45, 7) is 0.900. The molecule has 0 bridgehead atoms. The number of nitrogens with one attached hydrogen (secondary N) is 1. The van der Waals surface area contributed by atoms with E-state index < -0.39 is 0 Å². The molecule has 0 spiro atoms. The summed E-state index contributed by atoms with van der Waals surface area (Å²) in [6.07, 6.45) is 2.30. The lowest BCUT2D eigenvalue weighted by atomic mass is 9.96. The van der Waals surface area contributed by atoms with Gasteiger partial charge in [-0.1, -0.05) is 42.5 Å². The molecule has 0 amide bonds. The molecule has 0 saturated carbocycles. The lowest BCUT2D eigenvalue weighted by molar-refractivity contribution is 0.277. The Morgan fingerprint density at radius 1 is 0.955 bits per heavy atom. The van der Waals surface area contributed by atoms with Gasteiger partial charge in [0.2, 0.25) is 0 Å². The molecular formula is C18H19N3O. The predicted octanol–water partition coefficient (Wildman–Crippen LogP) is 3.21. The molecular weight excluding hydrogens is 274 g/mol. The smallest absolute Gasteiger partial charge is 0.137 e. The van der Waals surface area contributed by atoms with Crippen molar-refractivity contribution in [3.63, 3.8) is 0 Å². The number of aliphatic hydroxyl groups excluding tert-OH is 1. The van der Waals surface area contributed by atoms with Crippen LogP contribution in [0.5, 0.6) is 0 Å². The van der Waals surface area contributed by atoms with Crippen molar-refractivity contribution in [1.82, 2.24) is 9.97 Å². The summed E-state index contributed by atoms with van der Waals surface area (Å²) in [7, 11) is 0. The van der Waals surface area contributed by atoms with Crippen molar-refractivity contribution < 1.29 is 5.11 Å². The van der Waals surface area contributed by atoms with Crippen molar-refractivity contribution in [3.05, 3.63) is 66.5 Å². The van der Waals surface area contributed by atoms with Gasteiger partial charge in [0.25, 0.3) is 0 Å². The number of nitrogens with zero attached hydrogens (tertiary/aromatic N) is 2. The molecule has 2 N–H and O–H groups in total. The lowest BCUT2D eigenvalue weighted by Gasteiger charge is -2.18. The predicted molar refractivity (Wildman–Crippen MR) is 88.9 cm³/mol. The van der Waals surface area contributed by atoms with E-state index >= 15 is 0 Å². The fraction of sp³-hybridized carbons (Fsp3) is 0.222. The first kappa shape index (κ1) is 14.5. The summed E-state index contributed by atoms with van der Waals surface area (Å²) in [5.74, 6) is 1.09. The highest BCUT2D eigenvalue weighted by Gasteiger charge is 2.12. The topological polar surface area (TPSA) is 58.0 Å². The molecule has 112 valence electrons. The van der Waals surface area contributed by atoms with Crippen molar-refractivity contribution >= 4 is 16.7 Å². The van der Waals surface area contributed by atoms with Crippen molar-refractivity contribution in [3.8, 4) is 0 Å². The van der Waals surface area contributed by atoms with Gasteiger partial charge in [-0.05, 0) is 24.1 Å². The summed E-state index contributed by atoms with van der Waals surface area (Å²) in [6, 6.07) is 18.2. The number of benzene rings is 2. The molecule has 0 aliphatic rings. The third-order valence-corrected chi connectivity index (χ3v) is 3.81. The molecule has 4 heteroatoms. The molecule has 1 aromatic heterocycles. The summed E-state index contributed by atoms with van der Waals surface area (Å²) < 4.78 is 0. The van der Waals surface area contributed by atoms with Crippen molar-refractivity contribution in [2.75, 3.05) is 18.5 Å². The molecule has 1 unspecified atom stereocenters. The maximum atomic E-state index is 9.31. The van der Waals surface area contributed by atoms with Gasteiger partial charge in [0.1, 0.15) is 12.1 Å². The monoisotopic (exact) mass is 293 g/mol. The van der Waals surface area contributed by atoms with Crippen LogP contribution in [0.15, 0.2) is 60.9 Å². The highest BCUT2D eigenvalue weighted by molar-refractivity contribution is 5.88. The molecule has 3 aromatic rings. The number of anilines is 1. The Hall–Kier alpha value is -2.46. The fourth-order valence-corrected chi connectivity index (χ4v) is 2.63. The number of rotatable bonds is 6. The average Bonchev–Trinajstić information content (AvgIpc) is 2.59. The molecule has 0 saturated heterocycles. The van der Waals surface area contributed by atoms with Crippen LogP contribution in [0, 0.1) is 0 Å². The molecule has 4 nitrogen and oxygen atoms in total. The van der Waals surface area contributed by atoms with Gasteiger partial charge >= 0.3 is 0 Å². The first-order valence-corrected chi connectivity index (χ1v) is 7.48. The van der Waals surface area contributed by atoms with Gasteiger partial charge < -0.3 is 10.4 Å². The summed E-state index contributed by atoms with van der Waals surface area (Å²) >= 11 is 0. The summed E-state index contributed by atoms with van der Waals surface area (Å²) in [5.41, 5.74) is 2.15. The van der Waals surface area contributed by atoms with Crippen LogP contribution in [0.2, 0.25) is 0 Å². The van der Waals surface area contributed by atoms with Gasteiger partial charge in [0.05, 0.1) is 5.52 Å². The maximum absolute atomic E-state index is 9.31. The van der Waals surface area contributed by atoms with E-state index in [0.29, 0.717) is 0 Å². The summed E-state index contributed by atoms with van der Waals surface area (Å²) in [5, 5.41) is 13.7. The third-order valence-electron chi connectivity index (χ3n) is 3.81. The molecule has 0 aliphatic carbocycles. The Morgan fingerprint density at radius 2 is 1.73 bits per heavy atom. The Kier molecular flexibility index (Phi) is 4.61. The van der Waals surface area contributed by atoms with Crippen LogP contribution >= 0.6 is 0 Å². The number of aliphatic hydroxyl groups is 1. The minimum atomic E-state index is 0.172. The van der Waals surface area contributed by atoms with Gasteiger partial charge in [-0.3, -0.25) is 0 Å². The van der Waals surface area contributed by atoms with Crippen LogP contribution in [0.3, 0.4) is 0 Å². The molecule has 0 fully saturated rings. The second-order valence-corrected chi connectivity index (χ2v) is 5.24. The Balaban J connectivity index is 1.79. The van der Waals surface area contributed by atoms with E-state index in [-0.39, 0.29) is 12.5 Å². The van der Waals surface area contributed by atoms with Crippen LogP contribution in [-0.4, -0.2) is 28.2 Å². The number of fused-ring (bicyclic) bond motifs is 1. The average molecular weight is 293 g/mol. The van der Waals surface area contributed by atoms with E-state index in [0.717, 1.165) is 29.7 Å². The Morgan fingerprint density at radius 3 is 2.55 bits per heavy atom. The standard InChI is InChI=1S/C18H19N3O/c22-11-10-15(14-6-2-1-3-7-14)12-19-18-16-8-4-5-9-17(16)20-13-21-18/h1-9,13,15,22H,10-12H2,(H,19,20,21). The molecule has 0 radical (unpaired) electrons. The number of hydrogen-bond donors (Lipinski definition) is 2. The Bertz CT molecular complexity index is 725. The molecule has 3 rings (SSSR count). The van der Waals surface area contributed by atoms with E-state index in [1.807, 2.05) is 42.5 Å². The van der Waals surface area contributed by atoms with Crippen LogP contribution in [0.1, 0.15) is 17.9 Å². The van der Waals surface area contributed by atoms with Crippen LogP contribution < -0.4 is 5.32 Å². The van der Waals surface area contributed by atoms with Gasteiger partial charge in [-0.2, -0.15) is 0 Å². The van der Waals surface area contributed by atoms with Crippen molar-refractivity contribution in [1.29, 1.82) is 0 Å². The third kappa shape index (κ3) is 3.23. The fourth-order valence-electron chi connectivity index (χ4n) is 2.63. The lowest BCUT2D eigenvalue weighted by Crippen LogP contribution is -2.15. The number of aromatic nitrogens is 2. The van der Waals surface area contributed by atoms with E-state index in [1.165, 1.54) is 5.56 Å². The quantitative estimate of drug-likeness (QED) is 0.732. The van der Waals surface area contributed by atoms with Crippen molar-refractivity contribution in [2.24, 2.45) is 0 Å². The van der Waals surface area contributed by atoms with Crippen LogP contribution in [0.25, 0.3) is 10.9 Å². The SMILES string of the molecule is OCCC(CNc1ncnc2ccccc12)c1ccccc1. The van der Waals surface area contributed by atoms with E-state index in [4.69, 9.17) is 0 Å². The van der Waals surface area contributed by atoms with Gasteiger partial charge in [0, 0.05) is 24.5 Å². The van der Waals surface area contributed by atoms with Crippen LogP contribution in [0.4, 0.5) is 5.82 Å². The Labute approximate surface area is 129 Å².